The summed E-state index contributed by atoms with van der Waals surface area (Å²) in [6, 6.07) is 10.1. The molecule has 0 bridgehead atoms. The number of imide groups is 1. The van der Waals surface area contributed by atoms with E-state index in [1.807, 2.05) is 24.0 Å². The molecule has 30 heavy (non-hydrogen) atoms. The second-order valence-corrected chi connectivity index (χ2v) is 7.98. The van der Waals surface area contributed by atoms with E-state index in [0.717, 1.165) is 11.3 Å². The van der Waals surface area contributed by atoms with Crippen molar-refractivity contribution in [2.24, 2.45) is 0 Å². The Labute approximate surface area is 180 Å². The third-order valence-electron chi connectivity index (χ3n) is 5.80. The summed E-state index contributed by atoms with van der Waals surface area (Å²) in [5, 5.41) is 10.6. The highest BCUT2D eigenvalue weighted by Crippen LogP contribution is 2.37. The maximum absolute atomic E-state index is 13.2. The van der Waals surface area contributed by atoms with Gasteiger partial charge >= 0.3 is 0 Å². The predicted molar refractivity (Wildman–Crippen MR) is 116 cm³/mol. The number of hydrogen-bond acceptors (Lipinski definition) is 6. The summed E-state index contributed by atoms with van der Waals surface area (Å²) >= 11 is 6.17. The van der Waals surface area contributed by atoms with Crippen molar-refractivity contribution in [2.45, 2.75) is 19.4 Å². The van der Waals surface area contributed by atoms with E-state index < -0.39 is 6.04 Å². The van der Waals surface area contributed by atoms with Gasteiger partial charge in [0.2, 0.25) is 5.91 Å². The molecule has 2 heterocycles. The Morgan fingerprint density at radius 1 is 1.07 bits per heavy atom. The van der Waals surface area contributed by atoms with Crippen LogP contribution in [0.5, 0.6) is 11.5 Å². The molecule has 7 nitrogen and oxygen atoms in total. The smallest absolute Gasteiger partial charge is 0.251 e. The van der Waals surface area contributed by atoms with Crippen LogP contribution in [0.3, 0.4) is 0 Å². The van der Waals surface area contributed by atoms with Crippen LogP contribution >= 0.6 is 11.6 Å². The number of aromatic hydroxyl groups is 1. The monoisotopic (exact) mass is 429 g/mol. The highest BCUT2D eigenvalue weighted by atomic mass is 35.5. The van der Waals surface area contributed by atoms with Crippen molar-refractivity contribution < 1.29 is 19.4 Å². The molecular formula is C22H24ClN3O4. The Bertz CT molecular complexity index is 988. The minimum atomic E-state index is -0.496. The minimum absolute atomic E-state index is 0.139. The van der Waals surface area contributed by atoms with E-state index in [-0.39, 0.29) is 24.0 Å². The van der Waals surface area contributed by atoms with E-state index in [1.54, 1.807) is 24.3 Å². The summed E-state index contributed by atoms with van der Waals surface area (Å²) in [6.45, 7) is 4.41. The number of amides is 2. The SMILES string of the molecule is COc1cc(Cl)c(C)cc1N1C(=O)C[C@H](N2CCN(c3ccccc3O)CC2)C1=O. The van der Waals surface area contributed by atoms with Gasteiger partial charge in [0, 0.05) is 37.3 Å². The lowest BCUT2D eigenvalue weighted by atomic mass is 10.1. The summed E-state index contributed by atoms with van der Waals surface area (Å²) in [5.41, 5.74) is 1.99. The lowest BCUT2D eigenvalue weighted by Crippen LogP contribution is -2.52. The number of nitrogens with zero attached hydrogens (tertiary/aromatic N) is 3. The van der Waals surface area contributed by atoms with Crippen molar-refractivity contribution in [1.29, 1.82) is 0 Å². The van der Waals surface area contributed by atoms with Gasteiger partial charge in [-0.25, -0.2) is 4.90 Å². The number of carbonyl (C=O) groups is 2. The van der Waals surface area contributed by atoms with Crippen LogP contribution < -0.4 is 14.5 Å². The topological polar surface area (TPSA) is 73.3 Å². The number of aryl methyl sites for hydroxylation is 1. The average molecular weight is 430 g/mol. The normalized spacial score (nSPS) is 20.2. The number of methoxy groups -OCH3 is 1. The van der Waals surface area contributed by atoms with Gasteiger partial charge in [-0.15, -0.1) is 0 Å². The number of halogens is 1. The number of ether oxygens (including phenoxy) is 1. The Hall–Kier alpha value is -2.77. The van der Waals surface area contributed by atoms with Crippen LogP contribution in [0, 0.1) is 6.92 Å². The zero-order valence-electron chi connectivity index (χ0n) is 17.0. The molecule has 8 heteroatoms. The van der Waals surface area contributed by atoms with E-state index in [2.05, 4.69) is 4.90 Å². The minimum Gasteiger partial charge on any atom is -0.506 e. The van der Waals surface area contributed by atoms with Crippen LogP contribution in [0.1, 0.15) is 12.0 Å². The predicted octanol–water partition coefficient (Wildman–Crippen LogP) is 2.82. The summed E-state index contributed by atoms with van der Waals surface area (Å²) in [6.07, 6.45) is 0.139. The van der Waals surface area contributed by atoms with Crippen LogP contribution in [-0.4, -0.2) is 61.2 Å². The van der Waals surface area contributed by atoms with Crippen molar-refractivity contribution in [1.82, 2.24) is 4.90 Å². The maximum Gasteiger partial charge on any atom is 0.251 e. The van der Waals surface area contributed by atoms with E-state index in [4.69, 9.17) is 16.3 Å². The second-order valence-electron chi connectivity index (χ2n) is 7.57. The molecule has 2 aliphatic heterocycles. The first kappa shape index (κ1) is 20.5. The van der Waals surface area contributed by atoms with E-state index in [9.17, 15) is 14.7 Å². The van der Waals surface area contributed by atoms with E-state index >= 15 is 0 Å². The van der Waals surface area contributed by atoms with Crippen LogP contribution in [0.2, 0.25) is 5.02 Å². The Kier molecular flexibility index (Phi) is 5.58. The molecule has 2 saturated heterocycles. The number of phenolic OH excluding ortho intramolecular Hbond substituents is 1. The molecule has 0 aliphatic carbocycles. The Morgan fingerprint density at radius 3 is 2.43 bits per heavy atom. The summed E-state index contributed by atoms with van der Waals surface area (Å²) in [4.78, 5) is 31.4. The number of rotatable bonds is 4. The first-order valence-electron chi connectivity index (χ1n) is 9.88. The number of piperazine rings is 1. The van der Waals surface area contributed by atoms with E-state index in [1.165, 1.54) is 12.0 Å². The van der Waals surface area contributed by atoms with Gasteiger partial charge in [-0.3, -0.25) is 14.5 Å². The molecule has 158 valence electrons. The van der Waals surface area contributed by atoms with Gasteiger partial charge in [-0.1, -0.05) is 23.7 Å². The average Bonchev–Trinajstić information content (AvgIpc) is 3.04. The molecule has 2 aromatic carbocycles. The molecule has 0 radical (unpaired) electrons. The van der Waals surface area contributed by atoms with Gasteiger partial charge < -0.3 is 14.7 Å². The van der Waals surface area contributed by atoms with Crippen LogP contribution in [-0.2, 0) is 9.59 Å². The first-order valence-corrected chi connectivity index (χ1v) is 10.3. The molecule has 1 atom stereocenters. The van der Waals surface area contributed by atoms with Crippen molar-refractivity contribution >= 4 is 34.8 Å². The third-order valence-corrected chi connectivity index (χ3v) is 6.21. The number of hydrogen-bond donors (Lipinski definition) is 1. The highest BCUT2D eigenvalue weighted by molar-refractivity contribution is 6.32. The van der Waals surface area contributed by atoms with Gasteiger partial charge in [0.05, 0.1) is 30.9 Å². The lowest BCUT2D eigenvalue weighted by molar-refractivity contribution is -0.123. The van der Waals surface area contributed by atoms with E-state index in [0.29, 0.717) is 42.6 Å². The molecule has 4 rings (SSSR count). The van der Waals surface area contributed by atoms with Crippen molar-refractivity contribution in [3.63, 3.8) is 0 Å². The van der Waals surface area contributed by atoms with Crippen molar-refractivity contribution in [3.8, 4) is 11.5 Å². The molecule has 2 aromatic rings. The number of phenols is 1. The molecule has 0 spiro atoms. The maximum atomic E-state index is 13.2. The van der Waals surface area contributed by atoms with Crippen LogP contribution in [0.25, 0.3) is 0 Å². The van der Waals surface area contributed by atoms with Crippen LogP contribution in [0.4, 0.5) is 11.4 Å². The standard InChI is InChI=1S/C22H24ClN3O4/c1-14-11-17(20(30-2)12-15(14)23)26-21(28)13-18(22(26)29)25-9-7-24(8-10-25)16-5-3-4-6-19(16)27/h3-6,11-12,18,27H,7-10,13H2,1-2H3/t18-/m0/s1. The summed E-state index contributed by atoms with van der Waals surface area (Å²) < 4.78 is 5.37. The molecule has 2 amide bonds. The van der Waals surface area contributed by atoms with Crippen molar-refractivity contribution in [2.75, 3.05) is 43.1 Å². The number of carbonyl (C=O) groups excluding carboxylic acids is 2. The number of para-hydroxylation sites is 2. The fourth-order valence-corrected chi connectivity index (χ4v) is 4.30. The van der Waals surface area contributed by atoms with Gasteiger partial charge in [0.25, 0.3) is 5.91 Å². The molecule has 0 saturated carbocycles. The van der Waals surface area contributed by atoms with Gasteiger partial charge in [-0.05, 0) is 30.7 Å². The van der Waals surface area contributed by atoms with Gasteiger partial charge in [-0.2, -0.15) is 0 Å². The van der Waals surface area contributed by atoms with Gasteiger partial charge in [0.1, 0.15) is 11.5 Å². The molecule has 2 fully saturated rings. The zero-order valence-corrected chi connectivity index (χ0v) is 17.7. The molecule has 0 unspecified atom stereocenters. The molecular weight excluding hydrogens is 406 g/mol. The quantitative estimate of drug-likeness (QED) is 0.753. The largest absolute Gasteiger partial charge is 0.506 e. The fourth-order valence-electron chi connectivity index (χ4n) is 4.15. The highest BCUT2D eigenvalue weighted by Gasteiger charge is 2.44. The third kappa shape index (κ3) is 3.59. The molecule has 2 aliphatic rings. The summed E-state index contributed by atoms with van der Waals surface area (Å²) in [5.74, 6) is 0.163. The van der Waals surface area contributed by atoms with Gasteiger partial charge in [0.15, 0.2) is 0 Å². The van der Waals surface area contributed by atoms with Crippen molar-refractivity contribution in [3.05, 3.63) is 47.0 Å². The molecule has 0 aromatic heterocycles. The Balaban J connectivity index is 1.50. The zero-order chi connectivity index (χ0) is 21.4. The Morgan fingerprint density at radius 2 is 1.77 bits per heavy atom. The first-order chi connectivity index (χ1) is 14.4. The number of benzene rings is 2. The lowest BCUT2D eigenvalue weighted by Gasteiger charge is -2.38. The van der Waals surface area contributed by atoms with Crippen LogP contribution in [0.15, 0.2) is 36.4 Å². The second kappa shape index (κ2) is 8.16. The number of anilines is 2. The fraction of sp³-hybridized carbons (Fsp3) is 0.364. The summed E-state index contributed by atoms with van der Waals surface area (Å²) in [7, 11) is 1.49. The molecule has 1 N–H and O–H groups in total.